The van der Waals surface area contributed by atoms with E-state index in [1.165, 1.54) is 11.3 Å². The van der Waals surface area contributed by atoms with E-state index in [0.717, 1.165) is 0 Å². The van der Waals surface area contributed by atoms with E-state index in [2.05, 4.69) is 10.6 Å². The lowest BCUT2D eigenvalue weighted by Crippen LogP contribution is -2.53. The van der Waals surface area contributed by atoms with Crippen LogP contribution in [0, 0.1) is 0 Å². The SMILES string of the molecule is O=C(O)CC1(NC(=O)c2cccc(NC(=O)c3cccs3)c2)CCOCC1. The van der Waals surface area contributed by atoms with E-state index in [0.29, 0.717) is 42.2 Å². The van der Waals surface area contributed by atoms with Crippen molar-refractivity contribution < 1.29 is 24.2 Å². The molecule has 142 valence electrons. The van der Waals surface area contributed by atoms with E-state index in [1.807, 2.05) is 5.38 Å². The summed E-state index contributed by atoms with van der Waals surface area (Å²) in [4.78, 5) is 36.7. The summed E-state index contributed by atoms with van der Waals surface area (Å²) >= 11 is 1.33. The Balaban J connectivity index is 1.72. The topological polar surface area (TPSA) is 105 Å². The maximum absolute atomic E-state index is 12.7. The maximum Gasteiger partial charge on any atom is 0.305 e. The van der Waals surface area contributed by atoms with Gasteiger partial charge in [0.15, 0.2) is 0 Å². The molecule has 1 aromatic carbocycles. The van der Waals surface area contributed by atoms with Gasteiger partial charge in [-0.25, -0.2) is 0 Å². The van der Waals surface area contributed by atoms with Gasteiger partial charge in [-0.15, -0.1) is 11.3 Å². The lowest BCUT2D eigenvalue weighted by Gasteiger charge is -2.36. The molecule has 1 fully saturated rings. The fourth-order valence-electron chi connectivity index (χ4n) is 3.05. The Bertz CT molecular complexity index is 828. The van der Waals surface area contributed by atoms with Crippen LogP contribution in [0.1, 0.15) is 39.3 Å². The molecule has 8 heteroatoms. The molecule has 0 aliphatic carbocycles. The molecule has 2 aromatic rings. The van der Waals surface area contributed by atoms with Gasteiger partial charge in [-0.05, 0) is 42.5 Å². The van der Waals surface area contributed by atoms with Crippen LogP contribution in [0.5, 0.6) is 0 Å². The number of carbonyl (C=O) groups is 3. The van der Waals surface area contributed by atoms with Crippen LogP contribution >= 0.6 is 11.3 Å². The van der Waals surface area contributed by atoms with Gasteiger partial charge in [0.2, 0.25) is 0 Å². The average Bonchev–Trinajstić information content (AvgIpc) is 3.17. The average molecular weight is 388 g/mol. The Morgan fingerprint density at radius 2 is 1.89 bits per heavy atom. The maximum atomic E-state index is 12.7. The molecule has 2 heterocycles. The Kier molecular flexibility index (Phi) is 5.88. The van der Waals surface area contributed by atoms with Crippen LogP contribution in [-0.4, -0.2) is 41.6 Å². The van der Waals surface area contributed by atoms with Gasteiger partial charge in [0.1, 0.15) is 0 Å². The molecule has 0 bridgehead atoms. The third-order valence-corrected chi connectivity index (χ3v) is 5.31. The van der Waals surface area contributed by atoms with Crippen molar-refractivity contribution >= 4 is 34.8 Å². The summed E-state index contributed by atoms with van der Waals surface area (Å²) in [5.74, 6) is -1.58. The fraction of sp³-hybridized carbons (Fsp3) is 0.316. The van der Waals surface area contributed by atoms with E-state index in [1.54, 1.807) is 36.4 Å². The number of rotatable bonds is 6. The molecule has 0 spiro atoms. The van der Waals surface area contributed by atoms with Crippen LogP contribution in [0.15, 0.2) is 41.8 Å². The number of aliphatic carboxylic acids is 1. The zero-order valence-corrected chi connectivity index (χ0v) is 15.4. The molecule has 0 radical (unpaired) electrons. The molecule has 0 saturated carbocycles. The van der Waals surface area contributed by atoms with Crippen molar-refractivity contribution in [1.29, 1.82) is 0 Å². The fourth-order valence-corrected chi connectivity index (χ4v) is 3.67. The molecule has 0 unspecified atom stereocenters. The molecule has 3 rings (SSSR count). The van der Waals surface area contributed by atoms with Gasteiger partial charge in [0.25, 0.3) is 11.8 Å². The van der Waals surface area contributed by atoms with Gasteiger partial charge in [0, 0.05) is 24.5 Å². The molecule has 27 heavy (non-hydrogen) atoms. The molecule has 1 aliphatic rings. The minimum Gasteiger partial charge on any atom is -0.481 e. The van der Waals surface area contributed by atoms with Crippen molar-refractivity contribution in [2.75, 3.05) is 18.5 Å². The number of hydrogen-bond acceptors (Lipinski definition) is 5. The zero-order valence-electron chi connectivity index (χ0n) is 14.6. The second-order valence-corrected chi connectivity index (χ2v) is 7.38. The van der Waals surface area contributed by atoms with Crippen LogP contribution in [0.2, 0.25) is 0 Å². The summed E-state index contributed by atoms with van der Waals surface area (Å²) in [6.07, 6.45) is 0.733. The first-order chi connectivity index (χ1) is 13.0. The predicted molar refractivity (Wildman–Crippen MR) is 101 cm³/mol. The highest BCUT2D eigenvalue weighted by atomic mass is 32.1. The molecular formula is C19H20N2O5S. The monoisotopic (exact) mass is 388 g/mol. The Hall–Kier alpha value is -2.71. The number of carboxylic acid groups (broad SMARTS) is 1. The Morgan fingerprint density at radius 3 is 2.56 bits per heavy atom. The minimum atomic E-state index is -0.964. The van der Waals surface area contributed by atoms with Crippen molar-refractivity contribution in [1.82, 2.24) is 5.32 Å². The highest BCUT2D eigenvalue weighted by Gasteiger charge is 2.36. The van der Waals surface area contributed by atoms with Gasteiger partial charge in [-0.1, -0.05) is 12.1 Å². The van der Waals surface area contributed by atoms with Crippen LogP contribution in [-0.2, 0) is 9.53 Å². The first kappa shape index (κ1) is 19.1. The molecule has 2 amide bonds. The molecule has 3 N–H and O–H groups in total. The van der Waals surface area contributed by atoms with E-state index in [9.17, 15) is 19.5 Å². The van der Waals surface area contributed by atoms with Crippen LogP contribution < -0.4 is 10.6 Å². The van der Waals surface area contributed by atoms with E-state index >= 15 is 0 Å². The number of nitrogens with one attached hydrogen (secondary N) is 2. The number of carbonyl (C=O) groups excluding carboxylic acids is 2. The van der Waals surface area contributed by atoms with Crippen molar-refractivity contribution in [3.8, 4) is 0 Å². The number of hydrogen-bond donors (Lipinski definition) is 3. The van der Waals surface area contributed by atoms with E-state index in [4.69, 9.17) is 4.74 Å². The minimum absolute atomic E-state index is 0.156. The molecule has 0 atom stereocenters. The summed E-state index contributed by atoms with van der Waals surface area (Å²) in [6, 6.07) is 10.1. The predicted octanol–water partition coefficient (Wildman–Crippen LogP) is 2.75. The Morgan fingerprint density at radius 1 is 1.11 bits per heavy atom. The highest BCUT2D eigenvalue weighted by molar-refractivity contribution is 7.12. The second kappa shape index (κ2) is 8.32. The van der Waals surface area contributed by atoms with Crippen LogP contribution in [0.3, 0.4) is 0 Å². The summed E-state index contributed by atoms with van der Waals surface area (Å²) in [6.45, 7) is 0.814. The van der Waals surface area contributed by atoms with Crippen molar-refractivity contribution in [2.24, 2.45) is 0 Å². The second-order valence-electron chi connectivity index (χ2n) is 6.43. The molecule has 1 saturated heterocycles. The van der Waals surface area contributed by atoms with Gasteiger partial charge < -0.3 is 20.5 Å². The van der Waals surface area contributed by atoms with Gasteiger partial charge in [-0.3, -0.25) is 14.4 Å². The largest absolute Gasteiger partial charge is 0.481 e. The van der Waals surface area contributed by atoms with Gasteiger partial charge in [0.05, 0.1) is 16.8 Å². The summed E-state index contributed by atoms with van der Waals surface area (Å²) < 4.78 is 5.30. The van der Waals surface area contributed by atoms with E-state index < -0.39 is 11.5 Å². The van der Waals surface area contributed by atoms with Crippen molar-refractivity contribution in [3.63, 3.8) is 0 Å². The van der Waals surface area contributed by atoms with Crippen LogP contribution in [0.4, 0.5) is 5.69 Å². The van der Waals surface area contributed by atoms with E-state index in [-0.39, 0.29) is 18.2 Å². The number of thiophene rings is 1. The number of benzene rings is 1. The molecule has 7 nitrogen and oxygen atoms in total. The number of carboxylic acids is 1. The summed E-state index contributed by atoms with van der Waals surface area (Å²) in [5, 5.41) is 16.7. The summed E-state index contributed by atoms with van der Waals surface area (Å²) in [5.41, 5.74) is 0.0350. The third kappa shape index (κ3) is 4.93. The summed E-state index contributed by atoms with van der Waals surface area (Å²) in [7, 11) is 0. The first-order valence-corrected chi connectivity index (χ1v) is 9.42. The smallest absolute Gasteiger partial charge is 0.305 e. The third-order valence-electron chi connectivity index (χ3n) is 4.45. The van der Waals surface area contributed by atoms with Gasteiger partial charge in [-0.2, -0.15) is 0 Å². The van der Waals surface area contributed by atoms with Crippen molar-refractivity contribution in [3.05, 3.63) is 52.2 Å². The molecular weight excluding hydrogens is 368 g/mol. The standard InChI is InChI=1S/C19H20N2O5S/c22-16(23)12-19(6-8-26-9-7-19)21-17(24)13-3-1-4-14(11-13)20-18(25)15-5-2-10-27-15/h1-5,10-11H,6-9,12H2,(H,20,25)(H,21,24)(H,22,23). The lowest BCUT2D eigenvalue weighted by atomic mass is 9.86. The zero-order chi connectivity index (χ0) is 19.3. The lowest BCUT2D eigenvalue weighted by molar-refractivity contribution is -0.139. The van der Waals surface area contributed by atoms with Crippen molar-refractivity contribution in [2.45, 2.75) is 24.8 Å². The van der Waals surface area contributed by atoms with Crippen LogP contribution in [0.25, 0.3) is 0 Å². The molecule has 1 aliphatic heterocycles. The number of ether oxygens (including phenoxy) is 1. The first-order valence-electron chi connectivity index (χ1n) is 8.54. The quantitative estimate of drug-likeness (QED) is 0.706. The Labute approximate surface area is 160 Å². The number of amides is 2. The highest BCUT2D eigenvalue weighted by Crippen LogP contribution is 2.25. The number of anilines is 1. The molecule has 1 aromatic heterocycles. The van der Waals surface area contributed by atoms with Gasteiger partial charge >= 0.3 is 5.97 Å². The normalized spacial score (nSPS) is 15.7.